The lowest BCUT2D eigenvalue weighted by Crippen LogP contribution is -2.05. The van der Waals surface area contributed by atoms with Crippen LogP contribution >= 0.6 is 0 Å². The fourth-order valence-electron chi connectivity index (χ4n) is 1.17. The van der Waals surface area contributed by atoms with Crippen LogP contribution in [-0.4, -0.2) is 13.4 Å². The lowest BCUT2D eigenvalue weighted by Gasteiger charge is -2.06. The molecule has 0 radical (unpaired) electrons. The van der Waals surface area contributed by atoms with Gasteiger partial charge in [0.25, 0.3) is 0 Å². The second kappa shape index (κ2) is 4.42. The Hall–Kier alpha value is -1.09. The first kappa shape index (κ1) is 9.46. The molecule has 0 aliphatic heterocycles. The smallest absolute Gasteiger partial charge is 0.189 e. The molecule has 0 N–H and O–H groups in total. The summed E-state index contributed by atoms with van der Waals surface area (Å²) in [5.74, 6) is 0.616. The Labute approximate surface area is 82.6 Å². The van der Waals surface area contributed by atoms with Gasteiger partial charge in [-0.25, -0.2) is 4.39 Å². The van der Waals surface area contributed by atoms with E-state index < -0.39 is 0 Å². The van der Waals surface area contributed by atoms with Crippen molar-refractivity contribution < 1.29 is 13.9 Å². The number of rotatable bonds is 5. The SMILES string of the molecule is Fc1ccccc1OCOCC1CC1. The molecule has 0 aromatic heterocycles. The number of hydrogen-bond acceptors (Lipinski definition) is 2. The largest absolute Gasteiger partial charge is 0.464 e. The molecule has 0 saturated heterocycles. The third-order valence-corrected chi connectivity index (χ3v) is 2.18. The molecular weight excluding hydrogens is 183 g/mol. The van der Waals surface area contributed by atoms with Crippen molar-refractivity contribution in [2.75, 3.05) is 13.4 Å². The van der Waals surface area contributed by atoms with Gasteiger partial charge >= 0.3 is 0 Å². The summed E-state index contributed by atoms with van der Waals surface area (Å²) >= 11 is 0. The Kier molecular flexibility index (Phi) is 2.99. The predicted octanol–water partition coefficient (Wildman–Crippen LogP) is 2.59. The van der Waals surface area contributed by atoms with Crippen molar-refractivity contribution >= 4 is 0 Å². The normalized spacial score (nSPS) is 15.5. The molecule has 14 heavy (non-hydrogen) atoms. The first-order valence-corrected chi connectivity index (χ1v) is 4.81. The Bertz CT molecular complexity index is 297. The second-order valence-corrected chi connectivity index (χ2v) is 3.51. The van der Waals surface area contributed by atoms with Crippen molar-refractivity contribution in [3.63, 3.8) is 0 Å². The van der Waals surface area contributed by atoms with E-state index in [1.54, 1.807) is 18.2 Å². The maximum Gasteiger partial charge on any atom is 0.189 e. The highest BCUT2D eigenvalue weighted by Gasteiger charge is 2.21. The van der Waals surface area contributed by atoms with Crippen LogP contribution < -0.4 is 4.74 Å². The molecule has 0 heterocycles. The van der Waals surface area contributed by atoms with Gasteiger partial charge in [0, 0.05) is 0 Å². The maximum atomic E-state index is 13.0. The Morgan fingerprint density at radius 2 is 2.07 bits per heavy atom. The Morgan fingerprint density at radius 3 is 2.79 bits per heavy atom. The van der Waals surface area contributed by atoms with Gasteiger partial charge in [-0.1, -0.05) is 12.1 Å². The molecule has 0 amide bonds. The fraction of sp³-hybridized carbons (Fsp3) is 0.455. The third kappa shape index (κ3) is 2.70. The number of halogens is 1. The highest BCUT2D eigenvalue weighted by atomic mass is 19.1. The van der Waals surface area contributed by atoms with Crippen LogP contribution in [0.15, 0.2) is 24.3 Å². The summed E-state index contributed by atoms with van der Waals surface area (Å²) < 4.78 is 23.4. The van der Waals surface area contributed by atoms with Crippen molar-refractivity contribution in [2.45, 2.75) is 12.8 Å². The zero-order chi connectivity index (χ0) is 9.80. The van der Waals surface area contributed by atoms with Crippen LogP contribution in [0.1, 0.15) is 12.8 Å². The standard InChI is InChI=1S/C11H13FO2/c12-10-3-1-2-4-11(10)14-8-13-7-9-5-6-9/h1-4,9H,5-8H2. The van der Waals surface area contributed by atoms with Crippen LogP contribution in [0.4, 0.5) is 4.39 Å². The van der Waals surface area contributed by atoms with E-state index in [0.717, 1.165) is 6.61 Å². The molecule has 0 bridgehead atoms. The molecular formula is C11H13FO2. The first-order chi connectivity index (χ1) is 6.86. The predicted molar refractivity (Wildman–Crippen MR) is 50.6 cm³/mol. The van der Waals surface area contributed by atoms with Crippen LogP contribution in [0, 0.1) is 11.7 Å². The molecule has 2 rings (SSSR count). The molecule has 0 atom stereocenters. The van der Waals surface area contributed by atoms with E-state index in [-0.39, 0.29) is 18.4 Å². The fourth-order valence-corrected chi connectivity index (χ4v) is 1.17. The minimum absolute atomic E-state index is 0.136. The summed E-state index contributed by atoms with van der Waals surface area (Å²) in [6.45, 7) is 0.867. The van der Waals surface area contributed by atoms with E-state index >= 15 is 0 Å². The molecule has 0 spiro atoms. The molecule has 0 unspecified atom stereocenters. The highest BCUT2D eigenvalue weighted by molar-refractivity contribution is 5.23. The zero-order valence-electron chi connectivity index (χ0n) is 7.91. The number of benzene rings is 1. The van der Waals surface area contributed by atoms with Gasteiger partial charge in [0.2, 0.25) is 0 Å². The molecule has 1 aromatic rings. The van der Waals surface area contributed by atoms with Gasteiger partial charge < -0.3 is 9.47 Å². The van der Waals surface area contributed by atoms with E-state index in [9.17, 15) is 4.39 Å². The number of hydrogen-bond donors (Lipinski definition) is 0. The van der Waals surface area contributed by atoms with Gasteiger partial charge in [0.05, 0.1) is 6.61 Å². The van der Waals surface area contributed by atoms with E-state index in [1.807, 2.05) is 0 Å². The zero-order valence-corrected chi connectivity index (χ0v) is 7.91. The van der Waals surface area contributed by atoms with Crippen molar-refractivity contribution in [1.82, 2.24) is 0 Å². The maximum absolute atomic E-state index is 13.0. The molecule has 1 aliphatic carbocycles. The van der Waals surface area contributed by atoms with E-state index in [4.69, 9.17) is 9.47 Å². The Balaban J connectivity index is 1.71. The van der Waals surface area contributed by atoms with Gasteiger partial charge in [-0.15, -0.1) is 0 Å². The number of ether oxygens (including phenoxy) is 2. The van der Waals surface area contributed by atoms with Gasteiger partial charge in [-0.3, -0.25) is 0 Å². The third-order valence-electron chi connectivity index (χ3n) is 2.18. The quantitative estimate of drug-likeness (QED) is 0.532. The summed E-state index contributed by atoms with van der Waals surface area (Å²) in [5, 5.41) is 0. The van der Waals surface area contributed by atoms with Gasteiger partial charge in [-0.05, 0) is 30.9 Å². The average Bonchev–Trinajstić information content (AvgIpc) is 2.99. The molecule has 76 valence electrons. The van der Waals surface area contributed by atoms with Crippen LogP contribution in [0.5, 0.6) is 5.75 Å². The molecule has 3 heteroatoms. The molecule has 1 saturated carbocycles. The van der Waals surface area contributed by atoms with Crippen LogP contribution in [0.2, 0.25) is 0 Å². The monoisotopic (exact) mass is 196 g/mol. The van der Waals surface area contributed by atoms with Crippen molar-refractivity contribution in [2.24, 2.45) is 5.92 Å². The second-order valence-electron chi connectivity index (χ2n) is 3.51. The average molecular weight is 196 g/mol. The van der Waals surface area contributed by atoms with Gasteiger partial charge in [-0.2, -0.15) is 0 Å². The topological polar surface area (TPSA) is 18.5 Å². The van der Waals surface area contributed by atoms with E-state index in [2.05, 4.69) is 0 Å². The molecule has 2 nitrogen and oxygen atoms in total. The highest BCUT2D eigenvalue weighted by Crippen LogP contribution is 2.28. The minimum Gasteiger partial charge on any atom is -0.464 e. The van der Waals surface area contributed by atoms with E-state index in [1.165, 1.54) is 18.9 Å². The molecule has 1 fully saturated rings. The van der Waals surface area contributed by atoms with Gasteiger partial charge in [0.15, 0.2) is 18.4 Å². The summed E-state index contributed by atoms with van der Waals surface area (Å²) in [6.07, 6.45) is 2.50. The lowest BCUT2D eigenvalue weighted by molar-refractivity contribution is 0.00793. The summed E-state index contributed by atoms with van der Waals surface area (Å²) in [6, 6.07) is 6.33. The number of para-hydroxylation sites is 1. The minimum atomic E-state index is -0.345. The Morgan fingerprint density at radius 1 is 1.29 bits per heavy atom. The van der Waals surface area contributed by atoms with E-state index in [0.29, 0.717) is 5.92 Å². The van der Waals surface area contributed by atoms with Crippen LogP contribution in [-0.2, 0) is 4.74 Å². The van der Waals surface area contributed by atoms with Gasteiger partial charge in [0.1, 0.15) is 0 Å². The van der Waals surface area contributed by atoms with Crippen molar-refractivity contribution in [3.8, 4) is 5.75 Å². The molecule has 1 aliphatic rings. The molecule has 1 aromatic carbocycles. The first-order valence-electron chi connectivity index (χ1n) is 4.81. The van der Waals surface area contributed by atoms with Crippen molar-refractivity contribution in [1.29, 1.82) is 0 Å². The van der Waals surface area contributed by atoms with Crippen LogP contribution in [0.25, 0.3) is 0 Å². The summed E-state index contributed by atoms with van der Waals surface area (Å²) in [4.78, 5) is 0. The summed E-state index contributed by atoms with van der Waals surface area (Å²) in [7, 11) is 0. The van der Waals surface area contributed by atoms with Crippen LogP contribution in [0.3, 0.4) is 0 Å². The van der Waals surface area contributed by atoms with Crippen molar-refractivity contribution in [3.05, 3.63) is 30.1 Å². The lowest BCUT2D eigenvalue weighted by atomic mass is 10.3. The summed E-state index contributed by atoms with van der Waals surface area (Å²) in [5.41, 5.74) is 0.